The number of fused-ring (bicyclic) bond motifs is 4. The van der Waals surface area contributed by atoms with Crippen molar-refractivity contribution in [3.8, 4) is 39.1 Å². The lowest BCUT2D eigenvalue weighted by atomic mass is 9.86. The van der Waals surface area contributed by atoms with Crippen LogP contribution >= 0.6 is 0 Å². The summed E-state index contributed by atoms with van der Waals surface area (Å²) in [5, 5.41) is 5.03. The van der Waals surface area contributed by atoms with E-state index in [-0.39, 0.29) is 5.41 Å². The van der Waals surface area contributed by atoms with Gasteiger partial charge < -0.3 is 9.47 Å². The van der Waals surface area contributed by atoms with Crippen molar-refractivity contribution in [3.63, 3.8) is 0 Å². The van der Waals surface area contributed by atoms with Gasteiger partial charge in [-0.3, -0.25) is 0 Å². The maximum atomic E-state index is 2.38. The minimum atomic E-state index is 0.119. The van der Waals surface area contributed by atoms with Gasteiger partial charge in [-0.25, -0.2) is 0 Å². The molecule has 0 amide bonds. The van der Waals surface area contributed by atoms with Crippen molar-refractivity contribution in [3.05, 3.63) is 218 Å². The first-order valence-corrected chi connectivity index (χ1v) is 20.2. The molecule has 2 heteroatoms. The van der Waals surface area contributed by atoms with E-state index in [0.717, 1.165) is 22.7 Å². The highest BCUT2D eigenvalue weighted by Gasteiger charge is 2.18. The van der Waals surface area contributed by atoms with E-state index >= 15 is 0 Å². The summed E-state index contributed by atoms with van der Waals surface area (Å²) in [6, 6.07) is 77.4. The summed E-state index contributed by atoms with van der Waals surface area (Å²) in [5.74, 6) is 0. The molecule has 9 aromatic carbocycles. The number of anilines is 3. The van der Waals surface area contributed by atoms with Crippen LogP contribution < -0.4 is 4.90 Å². The monoisotopic (exact) mass is 744 g/mol. The van der Waals surface area contributed by atoms with Crippen LogP contribution in [-0.4, -0.2) is 4.57 Å². The molecule has 0 aliphatic carbocycles. The van der Waals surface area contributed by atoms with Crippen molar-refractivity contribution >= 4 is 49.6 Å². The predicted molar refractivity (Wildman–Crippen MR) is 248 cm³/mol. The number of nitrogens with zero attached hydrogens (tertiary/aromatic N) is 2. The highest BCUT2D eigenvalue weighted by Crippen LogP contribution is 2.40. The lowest BCUT2D eigenvalue weighted by Gasteiger charge is -2.26. The molecule has 0 atom stereocenters. The van der Waals surface area contributed by atoms with Crippen LogP contribution in [0.1, 0.15) is 26.3 Å². The zero-order valence-corrected chi connectivity index (χ0v) is 33.1. The first kappa shape index (κ1) is 35.3. The summed E-state index contributed by atoms with van der Waals surface area (Å²) in [4.78, 5) is 2.36. The van der Waals surface area contributed by atoms with Crippen molar-refractivity contribution in [1.29, 1.82) is 0 Å². The highest BCUT2D eigenvalue weighted by molar-refractivity contribution is 6.09. The lowest BCUT2D eigenvalue weighted by Crippen LogP contribution is -2.10. The average molecular weight is 745 g/mol. The Morgan fingerprint density at radius 1 is 0.328 bits per heavy atom. The normalized spacial score (nSPS) is 11.7. The number of hydrogen-bond acceptors (Lipinski definition) is 1. The van der Waals surface area contributed by atoms with Crippen LogP contribution in [0, 0.1) is 0 Å². The fourth-order valence-corrected chi connectivity index (χ4v) is 8.57. The summed E-state index contributed by atoms with van der Waals surface area (Å²) in [6.07, 6.45) is 0. The zero-order valence-electron chi connectivity index (χ0n) is 33.1. The Morgan fingerprint density at radius 3 is 1.19 bits per heavy atom. The molecular formula is C56H44N2. The smallest absolute Gasteiger partial charge is 0.0541 e. The van der Waals surface area contributed by atoms with Crippen LogP contribution in [0.3, 0.4) is 0 Å². The van der Waals surface area contributed by atoms with Gasteiger partial charge in [-0.1, -0.05) is 172 Å². The first-order valence-electron chi connectivity index (χ1n) is 20.2. The fourth-order valence-electron chi connectivity index (χ4n) is 8.57. The Bertz CT molecular complexity index is 2990. The predicted octanol–water partition coefficient (Wildman–Crippen LogP) is 15.7. The van der Waals surface area contributed by atoms with Gasteiger partial charge in [-0.05, 0) is 116 Å². The van der Waals surface area contributed by atoms with E-state index in [0.29, 0.717) is 0 Å². The van der Waals surface area contributed by atoms with Gasteiger partial charge in [0.15, 0.2) is 0 Å². The Hall–Kier alpha value is -7.16. The topological polar surface area (TPSA) is 8.17 Å². The summed E-state index contributed by atoms with van der Waals surface area (Å²) < 4.78 is 2.38. The third-order valence-corrected chi connectivity index (χ3v) is 11.6. The molecule has 0 radical (unpaired) electrons. The first-order chi connectivity index (χ1) is 28.4. The lowest BCUT2D eigenvalue weighted by molar-refractivity contribution is 0.590. The van der Waals surface area contributed by atoms with Crippen molar-refractivity contribution in [2.75, 3.05) is 4.90 Å². The second kappa shape index (κ2) is 14.4. The largest absolute Gasteiger partial charge is 0.311 e. The number of benzene rings is 9. The maximum absolute atomic E-state index is 2.38. The van der Waals surface area contributed by atoms with Crippen LogP contribution in [0.4, 0.5) is 17.1 Å². The Labute approximate surface area is 340 Å². The SMILES string of the molecule is CC(C)(C)c1ccc(-c2ccc(N(c3ccc(-c4ccc(-c5ccccc5)c5ccccc45)cc3)c3ccc(-n4c5ccccc5c5ccccc54)cc3)cc2)cc1. The highest BCUT2D eigenvalue weighted by atomic mass is 15.1. The molecule has 0 fully saturated rings. The van der Waals surface area contributed by atoms with E-state index in [1.54, 1.807) is 0 Å². The van der Waals surface area contributed by atoms with Crippen molar-refractivity contribution in [1.82, 2.24) is 4.57 Å². The van der Waals surface area contributed by atoms with E-state index in [2.05, 4.69) is 243 Å². The van der Waals surface area contributed by atoms with Gasteiger partial charge in [0.25, 0.3) is 0 Å². The Kier molecular flexibility index (Phi) is 8.76. The molecule has 0 saturated heterocycles. The number of rotatable bonds is 7. The Balaban J connectivity index is 1.05. The summed E-state index contributed by atoms with van der Waals surface area (Å²) in [6.45, 7) is 6.78. The standard InChI is InChI=1S/C56H44N2/c1-56(2,3)43-27-21-39(22-28-43)40-23-29-44(30-24-40)57(46-33-35-47(36-34-46)58-54-19-11-9-17-52(54)53-18-10-12-20-55(53)58)45-31-25-42(26-32-45)49-38-37-48(41-13-5-4-6-14-41)50-15-7-8-16-51(49)50/h4-38H,1-3H3. The summed E-state index contributed by atoms with van der Waals surface area (Å²) >= 11 is 0. The van der Waals surface area contributed by atoms with E-state index in [9.17, 15) is 0 Å². The number of para-hydroxylation sites is 2. The van der Waals surface area contributed by atoms with E-state index < -0.39 is 0 Å². The third-order valence-electron chi connectivity index (χ3n) is 11.6. The maximum Gasteiger partial charge on any atom is 0.0541 e. The quantitative estimate of drug-likeness (QED) is 0.158. The van der Waals surface area contributed by atoms with Gasteiger partial charge in [0.05, 0.1) is 11.0 Å². The molecular weight excluding hydrogens is 701 g/mol. The molecule has 0 aliphatic rings. The van der Waals surface area contributed by atoms with Crippen LogP contribution in [0.5, 0.6) is 0 Å². The van der Waals surface area contributed by atoms with Crippen molar-refractivity contribution < 1.29 is 0 Å². The van der Waals surface area contributed by atoms with Gasteiger partial charge in [0.1, 0.15) is 0 Å². The molecule has 1 aromatic heterocycles. The van der Waals surface area contributed by atoms with Gasteiger partial charge >= 0.3 is 0 Å². The van der Waals surface area contributed by atoms with E-state index in [4.69, 9.17) is 0 Å². The van der Waals surface area contributed by atoms with Crippen LogP contribution in [-0.2, 0) is 5.41 Å². The molecule has 10 rings (SSSR count). The van der Waals surface area contributed by atoms with E-state index in [1.165, 1.54) is 71.5 Å². The van der Waals surface area contributed by atoms with Gasteiger partial charge in [-0.15, -0.1) is 0 Å². The minimum absolute atomic E-state index is 0.119. The Morgan fingerprint density at radius 2 is 0.707 bits per heavy atom. The molecule has 0 N–H and O–H groups in total. The molecule has 0 aliphatic heterocycles. The summed E-state index contributed by atoms with van der Waals surface area (Å²) in [7, 11) is 0. The third kappa shape index (κ3) is 6.33. The fraction of sp³-hybridized carbons (Fsp3) is 0.0714. The average Bonchev–Trinajstić information content (AvgIpc) is 3.61. The van der Waals surface area contributed by atoms with Crippen molar-refractivity contribution in [2.24, 2.45) is 0 Å². The van der Waals surface area contributed by atoms with Gasteiger partial charge in [0.2, 0.25) is 0 Å². The number of hydrogen-bond donors (Lipinski definition) is 0. The second-order valence-electron chi connectivity index (χ2n) is 16.2. The van der Waals surface area contributed by atoms with Crippen molar-refractivity contribution in [2.45, 2.75) is 26.2 Å². The van der Waals surface area contributed by atoms with Crippen LogP contribution in [0.2, 0.25) is 0 Å². The van der Waals surface area contributed by atoms with Gasteiger partial charge in [0, 0.05) is 33.5 Å². The van der Waals surface area contributed by atoms with Crippen LogP contribution in [0.25, 0.3) is 71.6 Å². The molecule has 0 bridgehead atoms. The summed E-state index contributed by atoms with van der Waals surface area (Å²) in [5.41, 5.74) is 15.6. The molecule has 0 saturated carbocycles. The second-order valence-corrected chi connectivity index (χ2v) is 16.2. The molecule has 0 spiro atoms. The van der Waals surface area contributed by atoms with E-state index in [1.807, 2.05) is 0 Å². The molecule has 1 heterocycles. The molecule has 2 nitrogen and oxygen atoms in total. The molecule has 10 aromatic rings. The van der Waals surface area contributed by atoms with Crippen LogP contribution in [0.15, 0.2) is 212 Å². The van der Waals surface area contributed by atoms with Gasteiger partial charge in [-0.2, -0.15) is 0 Å². The zero-order chi connectivity index (χ0) is 39.2. The number of aromatic nitrogens is 1. The molecule has 278 valence electrons. The molecule has 58 heavy (non-hydrogen) atoms. The minimum Gasteiger partial charge on any atom is -0.311 e. The molecule has 0 unspecified atom stereocenters.